The monoisotopic (exact) mass is 445 g/mol. The minimum absolute atomic E-state index is 0.104. The third-order valence-electron chi connectivity index (χ3n) is 4.94. The fourth-order valence-corrected chi connectivity index (χ4v) is 5.01. The minimum Gasteiger partial charge on any atom is -0.309 e. The van der Waals surface area contributed by atoms with Crippen LogP contribution in [0.15, 0.2) is 82.1 Å². The van der Waals surface area contributed by atoms with Crippen molar-refractivity contribution in [1.29, 1.82) is 0 Å². The Labute approximate surface area is 187 Å². The molecule has 0 saturated carbocycles. The van der Waals surface area contributed by atoms with Crippen molar-refractivity contribution in [3.63, 3.8) is 0 Å². The van der Waals surface area contributed by atoms with E-state index < -0.39 is 0 Å². The molecule has 8 heteroatoms. The predicted octanol–water partition coefficient (Wildman–Crippen LogP) is 5.14. The molecule has 1 atom stereocenters. The molecule has 1 N–H and O–H groups in total. The highest BCUT2D eigenvalue weighted by Gasteiger charge is 2.20. The van der Waals surface area contributed by atoms with E-state index in [1.165, 1.54) is 17.3 Å². The Bertz CT molecular complexity index is 1380. The van der Waals surface area contributed by atoms with E-state index in [-0.39, 0.29) is 10.8 Å². The van der Waals surface area contributed by atoms with Crippen molar-refractivity contribution >= 4 is 34.0 Å². The van der Waals surface area contributed by atoms with E-state index >= 15 is 0 Å². The van der Waals surface area contributed by atoms with Crippen LogP contribution in [0.4, 0.5) is 0 Å². The van der Waals surface area contributed by atoms with Gasteiger partial charge in [0, 0.05) is 0 Å². The summed E-state index contributed by atoms with van der Waals surface area (Å²) in [6.07, 6.45) is 0. The highest BCUT2D eigenvalue weighted by Crippen LogP contribution is 2.35. The summed E-state index contributed by atoms with van der Waals surface area (Å²) < 4.78 is 2.13. The van der Waals surface area contributed by atoms with Gasteiger partial charge in [0.2, 0.25) is 0 Å². The van der Waals surface area contributed by atoms with Gasteiger partial charge >= 0.3 is 0 Å². The Kier molecular flexibility index (Phi) is 5.40. The lowest BCUT2D eigenvalue weighted by atomic mass is 10.2. The number of thiophene rings is 1. The maximum Gasteiger partial charge on any atom is 0.258 e. The first-order valence-corrected chi connectivity index (χ1v) is 11.6. The molecule has 5 aromatic rings. The van der Waals surface area contributed by atoms with Gasteiger partial charge in [-0.05, 0) is 36.1 Å². The molecule has 2 aromatic carbocycles. The van der Waals surface area contributed by atoms with E-state index in [0.717, 1.165) is 15.9 Å². The van der Waals surface area contributed by atoms with Crippen LogP contribution in [0.5, 0.6) is 0 Å². The van der Waals surface area contributed by atoms with Crippen molar-refractivity contribution in [2.75, 3.05) is 0 Å². The zero-order chi connectivity index (χ0) is 21.2. The summed E-state index contributed by atoms with van der Waals surface area (Å²) in [6.45, 7) is 2.68. The number of aromatic nitrogens is 5. The topological polar surface area (TPSA) is 76.5 Å². The minimum atomic E-state index is -0.127. The van der Waals surface area contributed by atoms with E-state index in [1.807, 2.05) is 54.8 Å². The van der Waals surface area contributed by atoms with Crippen molar-refractivity contribution in [1.82, 2.24) is 24.7 Å². The SMILES string of the molecule is CC(Sc1nnc(-c2cccs2)n1Cc1ccccc1)c1nc2ccccc2c(=O)[nH]1. The fraction of sp³-hybridized carbons (Fsp3) is 0.130. The largest absolute Gasteiger partial charge is 0.309 e. The van der Waals surface area contributed by atoms with Crippen LogP contribution in [-0.4, -0.2) is 24.7 Å². The maximum absolute atomic E-state index is 12.5. The molecule has 6 nitrogen and oxygen atoms in total. The molecule has 0 spiro atoms. The quantitative estimate of drug-likeness (QED) is 0.366. The van der Waals surface area contributed by atoms with Crippen LogP contribution >= 0.6 is 23.1 Å². The van der Waals surface area contributed by atoms with Gasteiger partial charge < -0.3 is 4.98 Å². The number of hydrogen-bond donors (Lipinski definition) is 1. The zero-order valence-electron chi connectivity index (χ0n) is 16.7. The van der Waals surface area contributed by atoms with Gasteiger partial charge in [0.05, 0.1) is 27.6 Å². The van der Waals surface area contributed by atoms with Crippen molar-refractivity contribution in [3.05, 3.63) is 93.9 Å². The van der Waals surface area contributed by atoms with E-state index in [2.05, 4.69) is 42.9 Å². The number of thioether (sulfide) groups is 1. The van der Waals surface area contributed by atoms with Crippen molar-refractivity contribution in [2.24, 2.45) is 0 Å². The number of nitrogens with zero attached hydrogens (tertiary/aromatic N) is 4. The standard InChI is InChI=1S/C23H19N5OS2/c1-15(20-24-18-11-6-5-10-17(18)22(29)25-20)31-23-27-26-21(19-12-7-13-30-19)28(23)14-16-8-3-2-4-9-16/h2-13,15H,14H2,1H3,(H,24,25,29). The summed E-state index contributed by atoms with van der Waals surface area (Å²) in [4.78, 5) is 21.2. The van der Waals surface area contributed by atoms with Gasteiger partial charge in [-0.2, -0.15) is 0 Å². The average Bonchev–Trinajstić information content (AvgIpc) is 3.45. The van der Waals surface area contributed by atoms with Gasteiger partial charge in [0.1, 0.15) is 5.82 Å². The van der Waals surface area contributed by atoms with Crippen molar-refractivity contribution in [3.8, 4) is 10.7 Å². The number of aromatic amines is 1. The molecule has 5 rings (SSSR count). The van der Waals surface area contributed by atoms with E-state index in [1.54, 1.807) is 17.4 Å². The van der Waals surface area contributed by atoms with Crippen LogP contribution in [0, 0.1) is 0 Å². The van der Waals surface area contributed by atoms with Crippen LogP contribution in [-0.2, 0) is 6.54 Å². The molecule has 0 fully saturated rings. The van der Waals surface area contributed by atoms with Crippen LogP contribution in [0.3, 0.4) is 0 Å². The van der Waals surface area contributed by atoms with Gasteiger partial charge in [-0.25, -0.2) is 4.98 Å². The maximum atomic E-state index is 12.5. The summed E-state index contributed by atoms with van der Waals surface area (Å²) >= 11 is 3.18. The zero-order valence-corrected chi connectivity index (χ0v) is 18.4. The highest BCUT2D eigenvalue weighted by atomic mass is 32.2. The number of para-hydroxylation sites is 1. The number of H-pyrrole nitrogens is 1. The van der Waals surface area contributed by atoms with Crippen LogP contribution in [0.25, 0.3) is 21.6 Å². The third kappa shape index (κ3) is 4.04. The summed E-state index contributed by atoms with van der Waals surface area (Å²) in [5, 5.41) is 12.3. The van der Waals surface area contributed by atoms with Gasteiger partial charge in [0.15, 0.2) is 11.0 Å². The second kappa shape index (κ2) is 8.49. The Morgan fingerprint density at radius 2 is 1.84 bits per heavy atom. The summed E-state index contributed by atoms with van der Waals surface area (Å²) in [7, 11) is 0. The lowest BCUT2D eigenvalue weighted by Crippen LogP contribution is -2.13. The number of rotatable bonds is 6. The molecule has 0 aliphatic rings. The first kappa shape index (κ1) is 19.7. The molecule has 3 aromatic heterocycles. The predicted molar refractivity (Wildman–Crippen MR) is 126 cm³/mol. The Balaban J connectivity index is 1.51. The van der Waals surface area contributed by atoms with Gasteiger partial charge in [-0.3, -0.25) is 9.36 Å². The number of fused-ring (bicyclic) bond motifs is 1. The van der Waals surface area contributed by atoms with Crippen molar-refractivity contribution in [2.45, 2.75) is 23.9 Å². The Morgan fingerprint density at radius 1 is 1.03 bits per heavy atom. The Morgan fingerprint density at radius 3 is 2.65 bits per heavy atom. The first-order chi connectivity index (χ1) is 15.2. The van der Waals surface area contributed by atoms with Gasteiger partial charge in [0.25, 0.3) is 5.56 Å². The van der Waals surface area contributed by atoms with E-state index in [9.17, 15) is 4.79 Å². The molecule has 0 aliphatic heterocycles. The smallest absolute Gasteiger partial charge is 0.258 e. The van der Waals surface area contributed by atoms with Crippen molar-refractivity contribution < 1.29 is 0 Å². The summed E-state index contributed by atoms with van der Waals surface area (Å²) in [5.74, 6) is 1.47. The second-order valence-electron chi connectivity index (χ2n) is 7.08. The Hall–Kier alpha value is -3.23. The van der Waals surface area contributed by atoms with E-state index in [0.29, 0.717) is 23.3 Å². The molecule has 0 aliphatic carbocycles. The van der Waals surface area contributed by atoms with E-state index in [4.69, 9.17) is 0 Å². The van der Waals surface area contributed by atoms with Gasteiger partial charge in [-0.15, -0.1) is 21.5 Å². The molecular weight excluding hydrogens is 426 g/mol. The van der Waals surface area contributed by atoms with Gasteiger partial charge in [-0.1, -0.05) is 60.3 Å². The molecule has 0 saturated heterocycles. The molecule has 1 unspecified atom stereocenters. The molecule has 31 heavy (non-hydrogen) atoms. The molecule has 0 bridgehead atoms. The van der Waals surface area contributed by atoms with Crippen LogP contribution < -0.4 is 5.56 Å². The molecule has 3 heterocycles. The molecule has 0 amide bonds. The average molecular weight is 446 g/mol. The summed E-state index contributed by atoms with van der Waals surface area (Å²) in [5.41, 5.74) is 1.74. The number of hydrogen-bond acceptors (Lipinski definition) is 6. The molecular formula is C23H19N5OS2. The first-order valence-electron chi connectivity index (χ1n) is 9.85. The second-order valence-corrected chi connectivity index (χ2v) is 9.34. The lowest BCUT2D eigenvalue weighted by molar-refractivity contribution is 0.712. The highest BCUT2D eigenvalue weighted by molar-refractivity contribution is 7.99. The normalized spacial score (nSPS) is 12.3. The molecule has 0 radical (unpaired) electrons. The van der Waals surface area contributed by atoms with Crippen LogP contribution in [0.1, 0.15) is 23.6 Å². The van der Waals surface area contributed by atoms with Crippen LogP contribution in [0.2, 0.25) is 0 Å². The number of nitrogens with one attached hydrogen (secondary N) is 1. The summed E-state index contributed by atoms with van der Waals surface area (Å²) in [6, 6.07) is 21.7. The third-order valence-corrected chi connectivity index (χ3v) is 6.90. The fourth-order valence-electron chi connectivity index (χ4n) is 3.38. The number of benzene rings is 2. The molecule has 154 valence electrons. The lowest BCUT2D eigenvalue weighted by Gasteiger charge is -2.13.